The van der Waals surface area contributed by atoms with E-state index >= 15 is 0 Å². The number of methoxy groups -OCH3 is 1. The molecule has 0 radical (unpaired) electrons. The Hall–Kier alpha value is -2.87. The third kappa shape index (κ3) is 4.62. The molecule has 0 amide bonds. The Kier molecular flexibility index (Phi) is 6.35. The van der Waals surface area contributed by atoms with Crippen LogP contribution in [0.1, 0.15) is 12.8 Å². The van der Waals surface area contributed by atoms with Crippen LogP contribution >= 0.6 is 22.9 Å². The molecule has 3 heterocycles. The predicted octanol–water partition coefficient (Wildman–Crippen LogP) is 5.28. The van der Waals surface area contributed by atoms with E-state index in [0.29, 0.717) is 21.0 Å². The van der Waals surface area contributed by atoms with E-state index in [1.165, 1.54) is 37.3 Å². The fraction of sp³-hybridized carbons (Fsp3) is 0.280. The molecule has 33 heavy (non-hydrogen) atoms. The van der Waals surface area contributed by atoms with Crippen LogP contribution in [0.4, 0.5) is 5.69 Å². The first-order valence-corrected chi connectivity index (χ1v) is 12.2. The van der Waals surface area contributed by atoms with Crippen LogP contribution in [0.25, 0.3) is 26.3 Å². The molecule has 1 N–H and O–H groups in total. The summed E-state index contributed by atoms with van der Waals surface area (Å²) in [6.07, 6.45) is 4.16. The van der Waals surface area contributed by atoms with Gasteiger partial charge in [-0.2, -0.15) is 0 Å². The van der Waals surface area contributed by atoms with Gasteiger partial charge in [-0.05, 0) is 61.8 Å². The first-order chi connectivity index (χ1) is 16.1. The second-order valence-electron chi connectivity index (χ2n) is 8.11. The molecule has 0 bridgehead atoms. The summed E-state index contributed by atoms with van der Waals surface area (Å²) in [5.41, 5.74) is 3.25. The Bertz CT molecular complexity index is 1330. The highest BCUT2D eigenvalue weighted by molar-refractivity contribution is 7.22. The van der Waals surface area contributed by atoms with E-state index < -0.39 is 0 Å². The molecule has 0 spiro atoms. The Morgan fingerprint density at radius 3 is 2.67 bits per heavy atom. The maximum absolute atomic E-state index is 13.3. The lowest BCUT2D eigenvalue weighted by Gasteiger charge is -2.17. The van der Waals surface area contributed by atoms with Gasteiger partial charge in [-0.25, -0.2) is 4.98 Å². The minimum absolute atomic E-state index is 0.0954. The zero-order valence-electron chi connectivity index (χ0n) is 18.4. The highest BCUT2D eigenvalue weighted by Gasteiger charge is 2.14. The standard InChI is InChI=1S/C25H25ClN4O2S/c1-32-22-14-19(8-9-20(22)27-10-13-29-11-2-3-12-29)30-16-28-21-15-23(33-24(21)25(30)31)17-4-6-18(26)7-5-17/h4-9,14-16,27H,2-3,10-13H2,1H3. The number of aromatic nitrogens is 2. The van der Waals surface area contributed by atoms with E-state index in [4.69, 9.17) is 16.3 Å². The smallest absolute Gasteiger partial charge is 0.275 e. The van der Waals surface area contributed by atoms with Gasteiger partial charge in [0.2, 0.25) is 0 Å². The van der Waals surface area contributed by atoms with E-state index in [1.807, 2.05) is 48.5 Å². The zero-order chi connectivity index (χ0) is 22.8. The summed E-state index contributed by atoms with van der Waals surface area (Å²) in [6.45, 7) is 4.22. The SMILES string of the molecule is COc1cc(-n2cnc3cc(-c4ccc(Cl)cc4)sc3c2=O)ccc1NCCN1CCCC1. The van der Waals surface area contributed by atoms with Crippen molar-refractivity contribution in [3.8, 4) is 21.9 Å². The van der Waals surface area contributed by atoms with E-state index in [2.05, 4.69) is 15.2 Å². The van der Waals surface area contributed by atoms with Gasteiger partial charge in [-0.3, -0.25) is 9.36 Å². The van der Waals surface area contributed by atoms with Crippen molar-refractivity contribution in [2.24, 2.45) is 0 Å². The normalized spacial score (nSPS) is 14.1. The van der Waals surface area contributed by atoms with E-state index in [1.54, 1.807) is 18.0 Å². The lowest BCUT2D eigenvalue weighted by molar-refractivity contribution is 0.352. The van der Waals surface area contributed by atoms with Gasteiger partial charge in [0.05, 0.1) is 24.0 Å². The quantitative estimate of drug-likeness (QED) is 0.389. The fourth-order valence-electron chi connectivity index (χ4n) is 4.18. The molecular weight excluding hydrogens is 456 g/mol. The molecule has 170 valence electrons. The van der Waals surface area contributed by atoms with Crippen molar-refractivity contribution < 1.29 is 4.74 Å². The van der Waals surface area contributed by atoms with Gasteiger partial charge >= 0.3 is 0 Å². The van der Waals surface area contributed by atoms with Crippen LogP contribution in [-0.4, -0.2) is 47.7 Å². The number of fused-ring (bicyclic) bond motifs is 1. The summed E-state index contributed by atoms with van der Waals surface area (Å²) in [6, 6.07) is 15.3. The Labute approximate surface area is 201 Å². The number of halogens is 1. The van der Waals surface area contributed by atoms with Gasteiger partial charge < -0.3 is 15.0 Å². The summed E-state index contributed by atoms with van der Waals surface area (Å²) >= 11 is 7.45. The van der Waals surface area contributed by atoms with Crippen LogP contribution in [0, 0.1) is 0 Å². The van der Waals surface area contributed by atoms with Crippen molar-refractivity contribution in [1.82, 2.24) is 14.5 Å². The molecule has 5 rings (SSSR count). The maximum Gasteiger partial charge on any atom is 0.275 e. The highest BCUT2D eigenvalue weighted by atomic mass is 35.5. The lowest BCUT2D eigenvalue weighted by Crippen LogP contribution is -2.26. The van der Waals surface area contributed by atoms with Crippen molar-refractivity contribution in [1.29, 1.82) is 0 Å². The molecule has 1 aliphatic heterocycles. The second kappa shape index (κ2) is 9.55. The topological polar surface area (TPSA) is 59.4 Å². The van der Waals surface area contributed by atoms with E-state index in [0.717, 1.165) is 34.9 Å². The lowest BCUT2D eigenvalue weighted by atomic mass is 10.2. The number of hydrogen-bond donors (Lipinski definition) is 1. The minimum Gasteiger partial charge on any atom is -0.495 e. The van der Waals surface area contributed by atoms with Gasteiger partial charge in [-0.15, -0.1) is 11.3 Å². The van der Waals surface area contributed by atoms with Crippen molar-refractivity contribution in [3.63, 3.8) is 0 Å². The molecule has 0 saturated carbocycles. The van der Waals surface area contributed by atoms with Crippen molar-refractivity contribution in [2.45, 2.75) is 12.8 Å². The molecule has 0 aliphatic carbocycles. The van der Waals surface area contributed by atoms with Crippen LogP contribution in [0.5, 0.6) is 5.75 Å². The molecule has 6 nitrogen and oxygen atoms in total. The van der Waals surface area contributed by atoms with Crippen molar-refractivity contribution in [2.75, 3.05) is 38.6 Å². The summed E-state index contributed by atoms with van der Waals surface area (Å²) in [7, 11) is 1.65. The van der Waals surface area contributed by atoms with Gasteiger partial charge in [-0.1, -0.05) is 23.7 Å². The monoisotopic (exact) mass is 480 g/mol. The average molecular weight is 481 g/mol. The number of likely N-dealkylation sites (tertiary alicyclic amines) is 1. The van der Waals surface area contributed by atoms with Gasteiger partial charge in [0.15, 0.2) is 0 Å². The van der Waals surface area contributed by atoms with Gasteiger partial charge in [0, 0.05) is 29.1 Å². The fourth-order valence-corrected chi connectivity index (χ4v) is 5.36. The number of thiophene rings is 1. The minimum atomic E-state index is -0.0954. The Balaban J connectivity index is 1.41. The molecule has 0 atom stereocenters. The van der Waals surface area contributed by atoms with Crippen LogP contribution in [0.3, 0.4) is 0 Å². The van der Waals surface area contributed by atoms with Crippen molar-refractivity contribution in [3.05, 3.63) is 70.2 Å². The maximum atomic E-state index is 13.3. The Morgan fingerprint density at radius 2 is 1.91 bits per heavy atom. The van der Waals surface area contributed by atoms with E-state index in [9.17, 15) is 4.79 Å². The third-order valence-electron chi connectivity index (χ3n) is 5.97. The molecule has 2 aromatic carbocycles. The number of ether oxygens (including phenoxy) is 1. The molecule has 8 heteroatoms. The summed E-state index contributed by atoms with van der Waals surface area (Å²) in [4.78, 5) is 21.3. The first kappa shape index (κ1) is 21.9. The molecule has 1 fully saturated rings. The number of anilines is 1. The zero-order valence-corrected chi connectivity index (χ0v) is 20.0. The summed E-state index contributed by atoms with van der Waals surface area (Å²) in [5, 5.41) is 4.15. The van der Waals surface area contributed by atoms with E-state index in [-0.39, 0.29) is 5.56 Å². The summed E-state index contributed by atoms with van der Waals surface area (Å²) in [5.74, 6) is 0.703. The number of hydrogen-bond acceptors (Lipinski definition) is 6. The largest absolute Gasteiger partial charge is 0.495 e. The van der Waals surface area contributed by atoms with Crippen molar-refractivity contribution >= 4 is 38.8 Å². The first-order valence-electron chi connectivity index (χ1n) is 11.0. The highest BCUT2D eigenvalue weighted by Crippen LogP contribution is 2.32. The van der Waals surface area contributed by atoms with Crippen LogP contribution in [0.15, 0.2) is 59.7 Å². The van der Waals surface area contributed by atoms with Crippen LogP contribution in [-0.2, 0) is 0 Å². The molecule has 2 aromatic heterocycles. The summed E-state index contributed by atoms with van der Waals surface area (Å²) < 4.78 is 7.80. The average Bonchev–Trinajstić information content (AvgIpc) is 3.51. The second-order valence-corrected chi connectivity index (χ2v) is 9.60. The molecular formula is C25H25ClN4O2S. The third-order valence-corrected chi connectivity index (χ3v) is 7.39. The Morgan fingerprint density at radius 1 is 1.12 bits per heavy atom. The number of rotatable bonds is 7. The molecule has 0 unspecified atom stereocenters. The number of benzene rings is 2. The molecule has 1 saturated heterocycles. The molecule has 4 aromatic rings. The number of nitrogens with zero attached hydrogens (tertiary/aromatic N) is 3. The van der Waals surface area contributed by atoms with Crippen LogP contribution in [0.2, 0.25) is 5.02 Å². The van der Waals surface area contributed by atoms with Gasteiger partial charge in [0.1, 0.15) is 16.8 Å². The van der Waals surface area contributed by atoms with Gasteiger partial charge in [0.25, 0.3) is 5.56 Å². The van der Waals surface area contributed by atoms with Crippen LogP contribution < -0.4 is 15.6 Å². The molecule has 1 aliphatic rings. The number of nitrogens with one attached hydrogen (secondary N) is 1. The predicted molar refractivity (Wildman–Crippen MR) is 136 cm³/mol.